The number of hydrogen-bond donors (Lipinski definition) is 3. The quantitative estimate of drug-likeness (QED) is 0.0503. The summed E-state index contributed by atoms with van der Waals surface area (Å²) in [5.41, 5.74) is 6.59. The van der Waals surface area contributed by atoms with E-state index in [9.17, 15) is 19.8 Å². The van der Waals surface area contributed by atoms with Gasteiger partial charge in [0.1, 0.15) is 73.3 Å². The van der Waals surface area contributed by atoms with Gasteiger partial charge in [-0.15, -0.1) is 0 Å². The number of nitrogens with zero attached hydrogens (tertiary/aromatic N) is 9. The van der Waals surface area contributed by atoms with Gasteiger partial charge in [0.2, 0.25) is 0 Å². The van der Waals surface area contributed by atoms with Crippen LogP contribution in [0.2, 0.25) is 61.4 Å². The van der Waals surface area contributed by atoms with Crippen molar-refractivity contribution in [3.8, 4) is 34.5 Å². The van der Waals surface area contributed by atoms with Crippen molar-refractivity contribution in [2.75, 3.05) is 123 Å². The number of pyridine rings is 2. The maximum absolute atomic E-state index is 12.5. The third-order valence-corrected chi connectivity index (χ3v) is 23.1. The van der Waals surface area contributed by atoms with E-state index in [0.29, 0.717) is 128 Å². The van der Waals surface area contributed by atoms with Crippen LogP contribution in [0.15, 0.2) is 65.1 Å². The summed E-state index contributed by atoms with van der Waals surface area (Å²) in [4.78, 5) is 49.3. The highest BCUT2D eigenvalue weighted by atomic mass is 79.9. The van der Waals surface area contributed by atoms with Crippen molar-refractivity contribution in [3.63, 3.8) is 0 Å². The van der Waals surface area contributed by atoms with Crippen LogP contribution >= 0.6 is 39.1 Å². The molecule has 14 rings (SSSR count). The molecule has 540 valence electrons. The monoisotopic (exact) mass is 1510 g/mol. The van der Waals surface area contributed by atoms with Crippen LogP contribution in [0.3, 0.4) is 0 Å². The average Bonchev–Trinajstić information content (AvgIpc) is 1.64. The zero-order valence-corrected chi connectivity index (χ0v) is 62.3. The van der Waals surface area contributed by atoms with Gasteiger partial charge in [0.25, 0.3) is 0 Å². The number of carbonyl (C=O) groups is 2. The van der Waals surface area contributed by atoms with Gasteiger partial charge in [0.15, 0.2) is 23.5 Å². The van der Waals surface area contributed by atoms with Gasteiger partial charge in [-0.05, 0) is 74.4 Å². The molecule has 0 unspecified atom stereocenters. The fraction of sp³-hybridized carbons (Fsp3) is 0.618. The van der Waals surface area contributed by atoms with Gasteiger partial charge >= 0.3 is 24.2 Å². The molecule has 99 heavy (non-hydrogen) atoms. The number of benzene rings is 2. The number of ether oxygens (including phenoxy) is 12. The number of imidazole rings is 2. The van der Waals surface area contributed by atoms with Gasteiger partial charge in [0.05, 0.1) is 74.3 Å². The number of aliphatic hydroxyl groups excluding tert-OH is 2. The van der Waals surface area contributed by atoms with E-state index in [1.165, 1.54) is 0 Å². The fourth-order valence-corrected chi connectivity index (χ4v) is 15.1. The van der Waals surface area contributed by atoms with E-state index in [-0.39, 0.29) is 76.0 Å². The molecule has 6 aromatic rings. The van der Waals surface area contributed by atoms with Gasteiger partial charge < -0.3 is 87.1 Å². The summed E-state index contributed by atoms with van der Waals surface area (Å²) in [6.45, 7) is 25.0. The predicted molar refractivity (Wildman–Crippen MR) is 381 cm³/mol. The zero-order valence-electron chi connectivity index (χ0n) is 57.2. The molecule has 0 bridgehead atoms. The van der Waals surface area contributed by atoms with Crippen molar-refractivity contribution in [3.05, 3.63) is 75.2 Å². The third-order valence-electron chi connectivity index (χ3n) is 18.6. The molecule has 8 aliphatic heterocycles. The number of nitrogens with one attached hydrogen (secondary N) is 1. The number of morpholine rings is 2. The number of hydrogen-bond acceptors (Lipinski definition) is 22. The minimum atomic E-state index is -1.29. The molecule has 8 atom stereocenters. The van der Waals surface area contributed by atoms with E-state index in [1.54, 1.807) is 15.9 Å². The second kappa shape index (κ2) is 33.4. The molecular formula is C68H93BrCl2N10O16Si2. The second-order valence-corrected chi connectivity index (χ2v) is 41.4. The van der Waals surface area contributed by atoms with Crippen molar-refractivity contribution in [1.82, 2.24) is 44.2 Å². The normalized spacial score (nSPS) is 24.5. The van der Waals surface area contributed by atoms with E-state index in [1.807, 2.05) is 51.6 Å². The molecule has 3 N–H and O–H groups in total. The maximum atomic E-state index is 12.5. The second-order valence-electron chi connectivity index (χ2n) is 28.5. The minimum absolute atomic E-state index is 0.0845. The first-order chi connectivity index (χ1) is 47.7. The first kappa shape index (κ1) is 73.4. The van der Waals surface area contributed by atoms with Gasteiger partial charge in [-0.2, -0.15) is 9.97 Å². The van der Waals surface area contributed by atoms with E-state index >= 15 is 0 Å². The number of anilines is 1. The van der Waals surface area contributed by atoms with Crippen LogP contribution in [0.25, 0.3) is 44.8 Å². The highest BCUT2D eigenvalue weighted by Crippen LogP contribution is 2.38. The van der Waals surface area contributed by atoms with Gasteiger partial charge in [-0.1, -0.05) is 103 Å². The number of halogens is 3. The largest absolute Gasteiger partial charge is 0.456 e. The van der Waals surface area contributed by atoms with E-state index in [2.05, 4.69) is 82.5 Å². The summed E-state index contributed by atoms with van der Waals surface area (Å²) in [5.74, 6) is 0. The molecule has 12 heterocycles. The van der Waals surface area contributed by atoms with Crippen LogP contribution in [0.4, 0.5) is 15.3 Å². The lowest BCUT2D eigenvalue weighted by molar-refractivity contribution is 0.00332. The smallest absolute Gasteiger partial charge is 0.410 e. The van der Waals surface area contributed by atoms with E-state index < -0.39 is 46.7 Å². The Hall–Kier alpha value is -5.33. The lowest BCUT2D eigenvalue weighted by Gasteiger charge is -2.35. The summed E-state index contributed by atoms with van der Waals surface area (Å²) in [7, 11) is -2.53. The average molecular weight is 1510 g/mol. The van der Waals surface area contributed by atoms with Crippen LogP contribution in [-0.4, -0.2) is 257 Å². The first-order valence-electron chi connectivity index (χ1n) is 34.5. The highest BCUT2D eigenvalue weighted by molar-refractivity contribution is 9.10. The Bertz CT molecular complexity index is 3660. The van der Waals surface area contributed by atoms with Crippen LogP contribution in [0.1, 0.15) is 25.7 Å². The molecule has 0 spiro atoms. The Balaban J connectivity index is 0.000000161. The summed E-state index contributed by atoms with van der Waals surface area (Å²) >= 11 is 16.9. The van der Waals surface area contributed by atoms with Gasteiger partial charge in [-0.3, -0.25) is 9.13 Å². The van der Waals surface area contributed by atoms with Crippen molar-refractivity contribution in [2.24, 2.45) is 0 Å². The lowest BCUT2D eigenvalue weighted by Crippen LogP contribution is -2.44. The molecule has 2 aromatic carbocycles. The molecule has 4 aromatic heterocycles. The van der Waals surface area contributed by atoms with Crippen LogP contribution in [-0.2, 0) is 60.8 Å². The molecule has 0 saturated carbocycles. The topological polar surface area (TPSA) is 269 Å². The number of carbonyl (C=O) groups excluding carboxylic acids is 2. The number of rotatable bonds is 19. The Labute approximate surface area is 597 Å². The SMILES string of the molecule is C[Si](C)(C)CCOCn1c(O[C@@H]2CO[C@H]3[C@@H]2OC[C@H]3O)nc2cc(Cl)c(-c3ccc(Br)cc3)nc21.C[Si](C)(C)CCOCn1c(O[C@@H]2CO[C@H]3[C@@H]2OC[C@H]3O)nc2cc(Cl)c(-c3ccc(N4CCC(OC(=O)N5CCOCC5)CC4)cc3)nc21.O=C(OC1CCNCC1)N1CCOCC1. The molecule has 2 amide bonds. The van der Waals surface area contributed by atoms with E-state index in [4.69, 9.17) is 95.0 Å². The molecule has 31 heteroatoms. The molecule has 8 saturated heterocycles. The van der Waals surface area contributed by atoms with E-state index in [0.717, 1.165) is 85.2 Å². The third kappa shape index (κ3) is 18.9. The van der Waals surface area contributed by atoms with Gasteiger partial charge in [-0.25, -0.2) is 19.6 Å². The first-order valence-corrected chi connectivity index (χ1v) is 43.5. The standard InChI is InChI=1S/C34H46ClN5O8Si.C24H29BrClN3O5Si.C10H18N2O3/c1-49(2,3)17-16-44-21-40-32-26(36-33(40)48-28-20-46-30-27(41)19-45-31(28)30)18-25(35)29(37-32)22-4-6-23(7-5-22)38-10-8-24(9-11-38)47-34(42)39-12-14-43-15-13-39;1-35(2,3)9-8-31-13-29-23-17(10-16(26)20(28-23)14-4-6-15(25)7-5-14)27-24(29)34-19-12-33-21-18(30)11-32-22(19)21;13-10(12-5-7-14-8-6-12)15-9-1-3-11-4-2-9/h4-7,18,24,27-28,30-31,41H,8-17,19-21H2,1-3H3;4-7,10,18-19,21-22,30H,8-9,11-13H2,1-3H3;9,11H,1-8H2/t27-,28-,30-,31-;18-,19-,21-,22-;/m11./s1. The predicted octanol–water partition coefficient (Wildman–Crippen LogP) is 9.35. The Morgan fingerprint density at radius 2 is 0.980 bits per heavy atom. The maximum Gasteiger partial charge on any atom is 0.410 e. The number of fused-ring (bicyclic) bond motifs is 4. The zero-order chi connectivity index (χ0) is 69.4. The van der Waals surface area contributed by atoms with Crippen LogP contribution in [0.5, 0.6) is 12.0 Å². The molecule has 8 fully saturated rings. The van der Waals surface area contributed by atoms with Crippen molar-refractivity contribution >= 4 is 95.5 Å². The highest BCUT2D eigenvalue weighted by Gasteiger charge is 2.50. The minimum Gasteiger partial charge on any atom is -0.456 e. The Morgan fingerprint density at radius 1 is 0.566 bits per heavy atom. The summed E-state index contributed by atoms with van der Waals surface area (Å²) in [6.07, 6.45) is -0.663. The van der Waals surface area contributed by atoms with Gasteiger partial charge in [0, 0.05) is 103 Å². The Kier molecular flexibility index (Phi) is 24.8. The Morgan fingerprint density at radius 3 is 1.41 bits per heavy atom. The number of aliphatic hydroxyl groups is 2. The summed E-state index contributed by atoms with van der Waals surface area (Å²) < 4.78 is 74.3. The molecular weight excluding hydrogens is 1420 g/mol. The number of amides is 2. The molecule has 0 radical (unpaired) electrons. The van der Waals surface area contributed by atoms with Crippen LogP contribution in [0, 0.1) is 0 Å². The molecule has 0 aliphatic carbocycles. The molecule has 26 nitrogen and oxygen atoms in total. The summed E-state index contributed by atoms with van der Waals surface area (Å²) in [6, 6.07) is 22.4. The van der Waals surface area contributed by atoms with Crippen molar-refractivity contribution < 1.29 is 76.6 Å². The fourth-order valence-electron chi connectivity index (χ4n) is 12.8. The number of piperidine rings is 2. The van der Waals surface area contributed by atoms with Crippen molar-refractivity contribution in [2.45, 2.75) is 152 Å². The number of aromatic nitrogens is 6. The molecule has 8 aliphatic rings. The van der Waals surface area contributed by atoms with Crippen LogP contribution < -0.4 is 19.7 Å². The summed E-state index contributed by atoms with van der Waals surface area (Å²) in [5, 5.41) is 24.5. The lowest BCUT2D eigenvalue weighted by atomic mass is 10.1. The van der Waals surface area contributed by atoms with Crippen molar-refractivity contribution in [1.29, 1.82) is 0 Å².